The van der Waals surface area contributed by atoms with Crippen molar-refractivity contribution in [3.05, 3.63) is 39.1 Å². The maximum absolute atomic E-state index is 13.2. The molecule has 1 N–H and O–H groups in total. The molecule has 0 saturated heterocycles. The van der Waals surface area contributed by atoms with Crippen molar-refractivity contribution in [2.45, 2.75) is 0 Å². The molecule has 0 saturated carbocycles. The highest BCUT2D eigenvalue weighted by Crippen LogP contribution is 2.27. The van der Waals surface area contributed by atoms with Gasteiger partial charge in [0.15, 0.2) is 5.82 Å². The minimum Gasteiger partial charge on any atom is -0.478 e. The quantitative estimate of drug-likeness (QED) is 0.666. The van der Waals surface area contributed by atoms with Crippen LogP contribution in [0.25, 0.3) is 6.08 Å². The molecule has 0 radical (unpaired) electrons. The molecule has 0 spiro atoms. The molecule has 74 valence electrons. The molecule has 5 heteroatoms. The fourth-order valence-corrected chi connectivity index (χ4v) is 1.50. The summed E-state index contributed by atoms with van der Waals surface area (Å²) < 4.78 is 13.4. The SMILES string of the molecule is O=C(O)/C=C/c1ccc(Br)c(F)c1Cl. The Balaban J connectivity index is 3.12. The predicted octanol–water partition coefficient (Wildman–Crippen LogP) is 3.34. The summed E-state index contributed by atoms with van der Waals surface area (Å²) in [5.41, 5.74) is 0.328. The maximum atomic E-state index is 13.2. The van der Waals surface area contributed by atoms with Crippen LogP contribution in [0.2, 0.25) is 5.02 Å². The van der Waals surface area contributed by atoms with Gasteiger partial charge in [0.25, 0.3) is 0 Å². The first-order valence-electron chi connectivity index (χ1n) is 3.57. The fourth-order valence-electron chi connectivity index (χ4n) is 0.831. The second-order valence-corrected chi connectivity index (χ2v) is 3.67. The van der Waals surface area contributed by atoms with Crippen LogP contribution in [0.5, 0.6) is 0 Å². The molecule has 14 heavy (non-hydrogen) atoms. The lowest BCUT2D eigenvalue weighted by molar-refractivity contribution is -0.131. The number of halogens is 3. The summed E-state index contributed by atoms with van der Waals surface area (Å²) in [4.78, 5) is 10.2. The van der Waals surface area contributed by atoms with E-state index < -0.39 is 11.8 Å². The van der Waals surface area contributed by atoms with Crippen molar-refractivity contribution in [1.29, 1.82) is 0 Å². The molecule has 0 unspecified atom stereocenters. The lowest BCUT2D eigenvalue weighted by Gasteiger charge is -2.00. The van der Waals surface area contributed by atoms with Crippen molar-refractivity contribution in [2.24, 2.45) is 0 Å². The number of hydrogen-bond acceptors (Lipinski definition) is 1. The molecule has 0 bridgehead atoms. The second kappa shape index (κ2) is 4.57. The Labute approximate surface area is 93.1 Å². The average Bonchev–Trinajstić information content (AvgIpc) is 2.13. The highest BCUT2D eigenvalue weighted by molar-refractivity contribution is 9.10. The zero-order valence-corrected chi connectivity index (χ0v) is 9.14. The van der Waals surface area contributed by atoms with E-state index in [-0.39, 0.29) is 9.50 Å². The van der Waals surface area contributed by atoms with Gasteiger partial charge in [0.1, 0.15) is 0 Å². The van der Waals surface area contributed by atoms with Crippen molar-refractivity contribution in [1.82, 2.24) is 0 Å². The number of aliphatic carboxylic acids is 1. The second-order valence-electron chi connectivity index (χ2n) is 2.44. The standard InChI is InChI=1S/C9H5BrClFO2/c10-6-3-1-5(2-4-7(13)14)8(11)9(6)12/h1-4H,(H,13,14)/b4-2+. The predicted molar refractivity (Wildman–Crippen MR) is 55.8 cm³/mol. The lowest BCUT2D eigenvalue weighted by Crippen LogP contribution is -1.88. The topological polar surface area (TPSA) is 37.3 Å². The first-order valence-corrected chi connectivity index (χ1v) is 4.74. The van der Waals surface area contributed by atoms with Crippen LogP contribution in [0.1, 0.15) is 5.56 Å². The molecule has 0 heterocycles. The van der Waals surface area contributed by atoms with Gasteiger partial charge in [-0.1, -0.05) is 17.7 Å². The van der Waals surface area contributed by atoms with E-state index in [9.17, 15) is 9.18 Å². The zero-order chi connectivity index (χ0) is 10.7. The van der Waals surface area contributed by atoms with Gasteiger partial charge in [0.05, 0.1) is 9.50 Å². The van der Waals surface area contributed by atoms with E-state index in [2.05, 4.69) is 15.9 Å². The van der Waals surface area contributed by atoms with Gasteiger partial charge in [0, 0.05) is 6.08 Å². The average molecular weight is 279 g/mol. The van der Waals surface area contributed by atoms with Crippen LogP contribution in [0.15, 0.2) is 22.7 Å². The first-order chi connectivity index (χ1) is 6.52. The third-order valence-electron chi connectivity index (χ3n) is 1.47. The molecule has 0 atom stereocenters. The monoisotopic (exact) mass is 278 g/mol. The fraction of sp³-hybridized carbons (Fsp3) is 0. The Bertz CT molecular complexity index is 404. The van der Waals surface area contributed by atoms with Gasteiger partial charge >= 0.3 is 5.97 Å². The van der Waals surface area contributed by atoms with Crippen LogP contribution < -0.4 is 0 Å². The van der Waals surface area contributed by atoms with E-state index in [4.69, 9.17) is 16.7 Å². The normalized spacial score (nSPS) is 10.8. The number of carbonyl (C=O) groups is 1. The van der Waals surface area contributed by atoms with E-state index in [0.29, 0.717) is 5.56 Å². The molecule has 2 nitrogen and oxygen atoms in total. The van der Waals surface area contributed by atoms with Crippen molar-refractivity contribution in [3.63, 3.8) is 0 Å². The molecule has 1 aromatic rings. The Morgan fingerprint density at radius 3 is 2.79 bits per heavy atom. The Hall–Kier alpha value is -0.870. The van der Waals surface area contributed by atoms with Crippen LogP contribution in [0.4, 0.5) is 4.39 Å². The van der Waals surface area contributed by atoms with Crippen LogP contribution in [0, 0.1) is 5.82 Å². The third-order valence-corrected chi connectivity index (χ3v) is 2.47. The van der Waals surface area contributed by atoms with E-state index in [0.717, 1.165) is 6.08 Å². The smallest absolute Gasteiger partial charge is 0.328 e. The van der Waals surface area contributed by atoms with E-state index in [1.807, 2.05) is 0 Å². The van der Waals surface area contributed by atoms with Gasteiger partial charge in [-0.15, -0.1) is 0 Å². The molecule has 0 aliphatic heterocycles. The van der Waals surface area contributed by atoms with E-state index >= 15 is 0 Å². The van der Waals surface area contributed by atoms with Crippen LogP contribution in [0.3, 0.4) is 0 Å². The Morgan fingerprint density at radius 1 is 1.57 bits per heavy atom. The summed E-state index contributed by atoms with van der Waals surface area (Å²) in [6, 6.07) is 2.98. The number of rotatable bonds is 2. The molecule has 1 rings (SSSR count). The number of benzene rings is 1. The molecule has 0 amide bonds. The van der Waals surface area contributed by atoms with Crippen molar-refractivity contribution >= 4 is 39.6 Å². The molecule has 0 aliphatic carbocycles. The summed E-state index contributed by atoms with van der Waals surface area (Å²) in [5, 5.41) is 8.26. The maximum Gasteiger partial charge on any atom is 0.328 e. The van der Waals surface area contributed by atoms with Gasteiger partial charge in [-0.3, -0.25) is 0 Å². The third kappa shape index (κ3) is 2.56. The van der Waals surface area contributed by atoms with Crippen LogP contribution in [-0.4, -0.2) is 11.1 Å². The number of carboxylic acids is 1. The van der Waals surface area contributed by atoms with Gasteiger partial charge in [-0.05, 0) is 33.6 Å². The molecule has 0 aliphatic rings. The lowest BCUT2D eigenvalue weighted by atomic mass is 10.2. The number of hydrogen-bond donors (Lipinski definition) is 1. The van der Waals surface area contributed by atoms with Crippen molar-refractivity contribution in [3.8, 4) is 0 Å². The zero-order valence-electron chi connectivity index (χ0n) is 6.80. The number of carboxylic acid groups (broad SMARTS) is 1. The van der Waals surface area contributed by atoms with Gasteiger partial charge in [-0.2, -0.15) is 0 Å². The minimum absolute atomic E-state index is 0.100. The van der Waals surface area contributed by atoms with Crippen LogP contribution in [-0.2, 0) is 4.79 Å². The first kappa shape index (κ1) is 11.2. The van der Waals surface area contributed by atoms with Gasteiger partial charge in [-0.25, -0.2) is 9.18 Å². The summed E-state index contributed by atoms with van der Waals surface area (Å²) >= 11 is 8.59. The van der Waals surface area contributed by atoms with Gasteiger partial charge in [0.2, 0.25) is 0 Å². The summed E-state index contributed by atoms with van der Waals surface area (Å²) in [6.45, 7) is 0. The van der Waals surface area contributed by atoms with Crippen molar-refractivity contribution in [2.75, 3.05) is 0 Å². The van der Waals surface area contributed by atoms with Crippen LogP contribution >= 0.6 is 27.5 Å². The Kier molecular flexibility index (Phi) is 3.66. The minimum atomic E-state index is -1.11. The van der Waals surface area contributed by atoms with Crippen molar-refractivity contribution < 1.29 is 14.3 Å². The summed E-state index contributed by atoms with van der Waals surface area (Å²) in [7, 11) is 0. The highest BCUT2D eigenvalue weighted by Gasteiger charge is 2.07. The largest absolute Gasteiger partial charge is 0.478 e. The highest BCUT2D eigenvalue weighted by atomic mass is 79.9. The molecule has 1 aromatic carbocycles. The summed E-state index contributed by atoms with van der Waals surface area (Å²) in [5.74, 6) is -1.71. The Morgan fingerprint density at radius 2 is 2.21 bits per heavy atom. The van der Waals surface area contributed by atoms with Gasteiger partial charge < -0.3 is 5.11 Å². The van der Waals surface area contributed by atoms with E-state index in [1.165, 1.54) is 18.2 Å². The summed E-state index contributed by atoms with van der Waals surface area (Å²) in [6.07, 6.45) is 2.13. The molecular formula is C9H5BrClFO2. The molecule has 0 fully saturated rings. The molecular weight excluding hydrogens is 274 g/mol. The van der Waals surface area contributed by atoms with E-state index in [1.54, 1.807) is 0 Å². The molecule has 0 aromatic heterocycles.